The quantitative estimate of drug-likeness (QED) is 0.237. The lowest BCUT2D eigenvalue weighted by Gasteiger charge is -2.13. The van der Waals surface area contributed by atoms with Gasteiger partial charge in [0.15, 0.2) is 21.4 Å². The third-order valence-corrected chi connectivity index (χ3v) is 9.77. The minimum Gasteiger partial charge on any atom is -0.456 e. The van der Waals surface area contributed by atoms with E-state index >= 15 is 4.39 Å². The molecule has 0 aliphatic heterocycles. The summed E-state index contributed by atoms with van der Waals surface area (Å²) in [6.07, 6.45) is 4.21. The summed E-state index contributed by atoms with van der Waals surface area (Å²) in [6, 6.07) is 12.4. The molecule has 2 N–H and O–H groups in total. The molecule has 0 unspecified atom stereocenters. The number of hydrogen-bond donors (Lipinski definition) is 1. The smallest absolute Gasteiger partial charge is 0.194 e. The zero-order valence-electron chi connectivity index (χ0n) is 21.8. The molecule has 4 aromatic rings. The third kappa shape index (κ3) is 5.13. The summed E-state index contributed by atoms with van der Waals surface area (Å²) in [5.41, 5.74) is 8.46. The molecule has 6 rings (SSSR count). The van der Waals surface area contributed by atoms with Crippen LogP contribution in [0, 0.1) is 18.6 Å². The monoisotopic (exact) mass is 595 g/mol. The van der Waals surface area contributed by atoms with Gasteiger partial charge in [0.25, 0.3) is 0 Å². The van der Waals surface area contributed by atoms with Crippen molar-refractivity contribution >= 4 is 39.1 Å². The summed E-state index contributed by atoms with van der Waals surface area (Å²) in [5.74, 6) is -1.56. The molecule has 0 saturated heterocycles. The molecule has 7 nitrogen and oxygen atoms in total. The normalized spacial score (nSPS) is 14.6. The predicted octanol–water partition coefficient (Wildman–Crippen LogP) is 6.39. The molecule has 2 aliphatic carbocycles. The highest BCUT2D eigenvalue weighted by atomic mass is 35.5. The Morgan fingerprint density at radius 3 is 2.61 bits per heavy atom. The SMILES string of the molecule is Cc1cc(Oc2ccccc2Cl)cc(F)c1-n1ncc(C(=O)C2=Cc3cc(F)c(CS(=O)(=O)C4CC4)cc3C2)c1N. The van der Waals surface area contributed by atoms with Gasteiger partial charge in [-0.05, 0) is 66.8 Å². The number of carbonyl (C=O) groups excluding carboxylic acids is 1. The maximum Gasteiger partial charge on any atom is 0.194 e. The Morgan fingerprint density at radius 2 is 1.90 bits per heavy atom. The van der Waals surface area contributed by atoms with Crippen LogP contribution < -0.4 is 10.5 Å². The van der Waals surface area contributed by atoms with E-state index < -0.39 is 32.5 Å². The summed E-state index contributed by atoms with van der Waals surface area (Å²) >= 11 is 6.14. The van der Waals surface area contributed by atoms with Gasteiger partial charge < -0.3 is 10.5 Å². The minimum atomic E-state index is -3.41. The Morgan fingerprint density at radius 1 is 1.15 bits per heavy atom. The topological polar surface area (TPSA) is 104 Å². The van der Waals surface area contributed by atoms with Crippen LogP contribution in [0.25, 0.3) is 11.8 Å². The zero-order chi connectivity index (χ0) is 29.1. The summed E-state index contributed by atoms with van der Waals surface area (Å²) in [6.45, 7) is 1.66. The number of aromatic nitrogens is 2. The Bertz CT molecular complexity index is 1860. The number of benzene rings is 3. The fourth-order valence-corrected chi connectivity index (χ4v) is 6.92. The number of sulfone groups is 1. The highest BCUT2D eigenvalue weighted by molar-refractivity contribution is 7.91. The second-order valence-electron chi connectivity index (χ2n) is 10.3. The number of anilines is 1. The van der Waals surface area contributed by atoms with Gasteiger partial charge >= 0.3 is 0 Å². The first-order valence-corrected chi connectivity index (χ1v) is 15.0. The maximum absolute atomic E-state index is 15.3. The largest absolute Gasteiger partial charge is 0.456 e. The molecule has 1 fully saturated rings. The van der Waals surface area contributed by atoms with Crippen molar-refractivity contribution in [3.8, 4) is 17.2 Å². The van der Waals surface area contributed by atoms with E-state index in [1.165, 1.54) is 24.4 Å². The number of rotatable bonds is 8. The molecule has 3 aromatic carbocycles. The molecule has 1 saturated carbocycles. The van der Waals surface area contributed by atoms with Crippen LogP contribution in [-0.2, 0) is 22.0 Å². The van der Waals surface area contributed by atoms with Gasteiger partial charge in [-0.3, -0.25) is 4.79 Å². The Labute approximate surface area is 240 Å². The minimum absolute atomic E-state index is 0.0559. The molecule has 0 bridgehead atoms. The Kier molecular flexibility index (Phi) is 6.70. The van der Waals surface area contributed by atoms with Crippen LogP contribution >= 0.6 is 11.6 Å². The van der Waals surface area contributed by atoms with Crippen molar-refractivity contribution in [3.63, 3.8) is 0 Å². The molecule has 0 radical (unpaired) electrons. The number of allylic oxidation sites excluding steroid dienone is 1. The van der Waals surface area contributed by atoms with Gasteiger partial charge in [0, 0.05) is 23.6 Å². The van der Waals surface area contributed by atoms with E-state index in [4.69, 9.17) is 22.1 Å². The number of fused-ring (bicyclic) bond motifs is 1. The first-order chi connectivity index (χ1) is 19.5. The molecular weight excluding hydrogens is 572 g/mol. The molecule has 2 aliphatic rings. The zero-order valence-corrected chi connectivity index (χ0v) is 23.4. The van der Waals surface area contributed by atoms with Crippen molar-refractivity contribution in [2.75, 3.05) is 5.73 Å². The molecule has 41 heavy (non-hydrogen) atoms. The van der Waals surface area contributed by atoms with Crippen LogP contribution in [0.3, 0.4) is 0 Å². The number of hydrogen-bond acceptors (Lipinski definition) is 6. The average molecular weight is 596 g/mol. The fraction of sp³-hybridized carbons (Fsp3) is 0.200. The van der Waals surface area contributed by atoms with Crippen LogP contribution in [0.5, 0.6) is 11.5 Å². The summed E-state index contributed by atoms with van der Waals surface area (Å²) in [5, 5.41) is 4.16. The molecular formula is C30H24ClF2N3O4S. The number of halogens is 3. The number of nitrogens with zero attached hydrogens (tertiary/aromatic N) is 2. The number of aryl methyl sites for hydroxylation is 1. The lowest BCUT2D eigenvalue weighted by Crippen LogP contribution is -2.11. The van der Waals surface area contributed by atoms with E-state index in [1.807, 2.05) is 0 Å². The van der Waals surface area contributed by atoms with E-state index in [1.54, 1.807) is 43.3 Å². The summed E-state index contributed by atoms with van der Waals surface area (Å²) in [7, 11) is -3.41. The fourth-order valence-electron chi connectivity index (χ4n) is 5.00. The van der Waals surface area contributed by atoms with Crippen molar-refractivity contribution in [1.29, 1.82) is 0 Å². The van der Waals surface area contributed by atoms with Crippen LogP contribution in [0.15, 0.2) is 60.3 Å². The Balaban J connectivity index is 1.24. The lowest BCUT2D eigenvalue weighted by atomic mass is 10.0. The van der Waals surface area contributed by atoms with Crippen molar-refractivity contribution < 1.29 is 26.7 Å². The number of carbonyl (C=O) groups is 1. The molecule has 0 spiro atoms. The van der Waals surface area contributed by atoms with Gasteiger partial charge in [0.05, 0.1) is 27.8 Å². The van der Waals surface area contributed by atoms with Crippen LogP contribution in [0.2, 0.25) is 5.02 Å². The maximum atomic E-state index is 15.3. The second kappa shape index (κ2) is 10.1. The highest BCUT2D eigenvalue weighted by Crippen LogP contribution is 2.36. The Hall–Kier alpha value is -4.02. The molecule has 0 atom stereocenters. The van der Waals surface area contributed by atoms with Gasteiger partial charge in [-0.15, -0.1) is 0 Å². The summed E-state index contributed by atoms with van der Waals surface area (Å²) in [4.78, 5) is 13.4. The third-order valence-electron chi connectivity index (χ3n) is 7.25. The highest BCUT2D eigenvalue weighted by Gasteiger charge is 2.36. The van der Waals surface area contributed by atoms with Gasteiger partial charge in [-0.2, -0.15) is 5.10 Å². The lowest BCUT2D eigenvalue weighted by molar-refractivity contribution is 0.103. The van der Waals surface area contributed by atoms with E-state index in [0.29, 0.717) is 45.9 Å². The summed E-state index contributed by atoms with van der Waals surface area (Å²) < 4.78 is 61.7. The van der Waals surface area contributed by atoms with Crippen molar-refractivity contribution in [3.05, 3.63) is 105 Å². The number of para-hydroxylation sites is 1. The van der Waals surface area contributed by atoms with Crippen molar-refractivity contribution in [2.24, 2.45) is 0 Å². The standard InChI is InChI=1S/C30H24ClF2N3O4S/c1-16-8-21(40-27-5-3-2-4-24(27)31)13-26(33)28(16)36-30(34)23(14-35-36)29(37)19-9-17-11-20(25(32)12-18(17)10-19)15-41(38,39)22-6-7-22/h2-5,8,10-14,22H,6-7,9,15,34H2,1H3. The van der Waals surface area contributed by atoms with E-state index in [0.717, 1.165) is 4.68 Å². The number of Topliss-reactive ketones (excluding diaryl/α,β-unsaturated/α-hetero) is 1. The number of ketones is 1. The van der Waals surface area contributed by atoms with Crippen LogP contribution in [0.4, 0.5) is 14.6 Å². The van der Waals surface area contributed by atoms with E-state index in [-0.39, 0.29) is 40.6 Å². The van der Waals surface area contributed by atoms with Gasteiger partial charge in [0.1, 0.15) is 28.8 Å². The molecule has 210 valence electrons. The number of ether oxygens (including phenoxy) is 1. The molecule has 11 heteroatoms. The predicted molar refractivity (Wildman–Crippen MR) is 152 cm³/mol. The van der Waals surface area contributed by atoms with Gasteiger partial charge in [0.2, 0.25) is 0 Å². The molecule has 1 heterocycles. The first kappa shape index (κ1) is 27.2. The molecule has 0 amide bonds. The first-order valence-electron chi connectivity index (χ1n) is 12.9. The number of nitrogens with two attached hydrogens (primary N) is 1. The van der Waals surface area contributed by atoms with Crippen molar-refractivity contribution in [1.82, 2.24) is 9.78 Å². The van der Waals surface area contributed by atoms with Gasteiger partial charge in [-0.25, -0.2) is 21.9 Å². The van der Waals surface area contributed by atoms with Crippen LogP contribution in [0.1, 0.15) is 45.5 Å². The second-order valence-corrected chi connectivity index (χ2v) is 13.0. The average Bonchev–Trinajstić information content (AvgIpc) is 3.61. The van der Waals surface area contributed by atoms with E-state index in [9.17, 15) is 17.6 Å². The van der Waals surface area contributed by atoms with Gasteiger partial charge in [-0.1, -0.05) is 29.8 Å². The van der Waals surface area contributed by atoms with E-state index in [2.05, 4.69) is 5.10 Å². The molecule has 1 aromatic heterocycles. The van der Waals surface area contributed by atoms with Crippen LogP contribution in [-0.4, -0.2) is 29.2 Å². The van der Waals surface area contributed by atoms with Crippen molar-refractivity contribution in [2.45, 2.75) is 37.2 Å². The number of nitrogen functional groups attached to an aromatic ring is 1.